The second-order valence-corrected chi connectivity index (χ2v) is 6.97. The van der Waals surface area contributed by atoms with Crippen molar-refractivity contribution in [3.05, 3.63) is 64.7 Å². The van der Waals surface area contributed by atoms with Gasteiger partial charge in [0.15, 0.2) is 5.11 Å². The fourth-order valence-electron chi connectivity index (χ4n) is 2.43. The van der Waals surface area contributed by atoms with Crippen LogP contribution in [0.4, 0.5) is 5.69 Å². The van der Waals surface area contributed by atoms with E-state index in [0.717, 1.165) is 22.7 Å². The third-order valence-electron chi connectivity index (χ3n) is 3.64. The molecule has 122 valence electrons. The summed E-state index contributed by atoms with van der Waals surface area (Å²) in [6.45, 7) is 6.42. The van der Waals surface area contributed by atoms with Gasteiger partial charge in [0.25, 0.3) is 0 Å². The van der Waals surface area contributed by atoms with E-state index in [1.807, 2.05) is 31.2 Å². The maximum Gasteiger partial charge on any atom is 0.171 e. The molecule has 0 spiro atoms. The Balaban J connectivity index is 2.06. The number of thiocarbonyl (C=S) groups is 1. The van der Waals surface area contributed by atoms with Gasteiger partial charge in [0, 0.05) is 10.7 Å². The van der Waals surface area contributed by atoms with Gasteiger partial charge < -0.3 is 10.6 Å². The first kappa shape index (κ1) is 17.8. The molecule has 4 heteroatoms. The summed E-state index contributed by atoms with van der Waals surface area (Å²) in [4.78, 5) is 0. The van der Waals surface area contributed by atoms with E-state index < -0.39 is 0 Å². The van der Waals surface area contributed by atoms with Crippen molar-refractivity contribution >= 4 is 34.6 Å². The Hall–Kier alpha value is -1.58. The molecule has 1 unspecified atom stereocenters. The molecule has 0 saturated heterocycles. The Morgan fingerprint density at radius 1 is 1.13 bits per heavy atom. The minimum Gasteiger partial charge on any atom is -0.356 e. The molecule has 0 bridgehead atoms. The summed E-state index contributed by atoms with van der Waals surface area (Å²) >= 11 is 11.6. The van der Waals surface area contributed by atoms with Gasteiger partial charge in [-0.05, 0) is 54.7 Å². The van der Waals surface area contributed by atoms with Crippen LogP contribution in [0.25, 0.3) is 0 Å². The van der Waals surface area contributed by atoms with Crippen molar-refractivity contribution in [3.8, 4) is 0 Å². The molecule has 0 aliphatic carbocycles. The minimum absolute atomic E-state index is 0.192. The maximum atomic E-state index is 6.16. The van der Waals surface area contributed by atoms with Gasteiger partial charge in [0.05, 0.1) is 6.04 Å². The summed E-state index contributed by atoms with van der Waals surface area (Å²) in [5.74, 6) is 0.573. The Labute approximate surface area is 149 Å². The van der Waals surface area contributed by atoms with Crippen molar-refractivity contribution in [3.63, 3.8) is 0 Å². The number of halogens is 1. The lowest BCUT2D eigenvalue weighted by Gasteiger charge is -2.23. The number of hydrogen-bond donors (Lipinski definition) is 2. The van der Waals surface area contributed by atoms with Crippen LogP contribution in [0.3, 0.4) is 0 Å². The van der Waals surface area contributed by atoms with Crippen LogP contribution < -0.4 is 10.6 Å². The maximum absolute atomic E-state index is 6.16. The molecule has 2 aromatic carbocycles. The third kappa shape index (κ3) is 5.52. The van der Waals surface area contributed by atoms with Crippen molar-refractivity contribution in [2.24, 2.45) is 5.92 Å². The molecular formula is C19H23ClN2S. The molecule has 0 amide bonds. The average Bonchev–Trinajstić information content (AvgIpc) is 2.51. The normalized spacial score (nSPS) is 12.0. The highest BCUT2D eigenvalue weighted by molar-refractivity contribution is 7.80. The monoisotopic (exact) mass is 346 g/mol. The summed E-state index contributed by atoms with van der Waals surface area (Å²) in [6, 6.07) is 16.5. The Kier molecular flexibility index (Phi) is 6.43. The van der Waals surface area contributed by atoms with E-state index >= 15 is 0 Å². The molecule has 1 atom stereocenters. The van der Waals surface area contributed by atoms with Crippen molar-refractivity contribution in [1.29, 1.82) is 0 Å². The van der Waals surface area contributed by atoms with Crippen molar-refractivity contribution in [2.75, 3.05) is 5.32 Å². The summed E-state index contributed by atoms with van der Waals surface area (Å²) in [6.07, 6.45) is 1.01. The lowest BCUT2D eigenvalue weighted by atomic mass is 9.97. The van der Waals surface area contributed by atoms with E-state index in [1.54, 1.807) is 0 Å². The molecular weight excluding hydrogens is 324 g/mol. The summed E-state index contributed by atoms with van der Waals surface area (Å²) in [5, 5.41) is 7.99. The lowest BCUT2D eigenvalue weighted by molar-refractivity contribution is 0.481. The van der Waals surface area contributed by atoms with Crippen LogP contribution >= 0.6 is 23.8 Å². The number of aryl methyl sites for hydroxylation is 1. The molecule has 2 N–H and O–H groups in total. The summed E-state index contributed by atoms with van der Waals surface area (Å²) in [7, 11) is 0. The van der Waals surface area contributed by atoms with Gasteiger partial charge in [0.2, 0.25) is 0 Å². The van der Waals surface area contributed by atoms with Crippen LogP contribution in [0.15, 0.2) is 48.5 Å². The van der Waals surface area contributed by atoms with E-state index in [0.29, 0.717) is 11.0 Å². The van der Waals surface area contributed by atoms with Crippen LogP contribution in [0, 0.1) is 12.8 Å². The SMILES string of the molecule is Cc1ccc(NC(=S)NC(CC(C)C)c2ccccc2)cc1Cl. The molecule has 2 rings (SSSR count). The Morgan fingerprint density at radius 3 is 2.43 bits per heavy atom. The predicted octanol–water partition coefficient (Wildman–Crippen LogP) is 5.72. The zero-order valence-corrected chi connectivity index (χ0v) is 15.3. The molecule has 0 fully saturated rings. The van der Waals surface area contributed by atoms with E-state index in [-0.39, 0.29) is 6.04 Å². The highest BCUT2D eigenvalue weighted by atomic mass is 35.5. The van der Waals surface area contributed by atoms with Gasteiger partial charge in [-0.2, -0.15) is 0 Å². The van der Waals surface area contributed by atoms with Crippen LogP contribution in [0.1, 0.15) is 37.4 Å². The van der Waals surface area contributed by atoms with E-state index in [2.05, 4.69) is 48.7 Å². The molecule has 0 heterocycles. The zero-order valence-electron chi connectivity index (χ0n) is 13.8. The minimum atomic E-state index is 0.192. The smallest absolute Gasteiger partial charge is 0.171 e. The van der Waals surface area contributed by atoms with E-state index in [4.69, 9.17) is 23.8 Å². The second kappa shape index (κ2) is 8.32. The van der Waals surface area contributed by atoms with Crippen LogP contribution in [-0.2, 0) is 0 Å². The molecule has 2 nitrogen and oxygen atoms in total. The first-order valence-electron chi connectivity index (χ1n) is 7.84. The zero-order chi connectivity index (χ0) is 16.8. The van der Waals surface area contributed by atoms with Crippen molar-refractivity contribution < 1.29 is 0 Å². The quantitative estimate of drug-likeness (QED) is 0.677. The first-order chi connectivity index (χ1) is 11.0. The fourth-order valence-corrected chi connectivity index (χ4v) is 2.87. The molecule has 0 radical (unpaired) electrons. The number of anilines is 1. The average molecular weight is 347 g/mol. The van der Waals surface area contributed by atoms with E-state index in [9.17, 15) is 0 Å². The van der Waals surface area contributed by atoms with Crippen LogP contribution in [0.2, 0.25) is 5.02 Å². The summed E-state index contributed by atoms with van der Waals surface area (Å²) in [5.41, 5.74) is 3.19. The number of nitrogens with one attached hydrogen (secondary N) is 2. The molecule has 0 aliphatic rings. The standard InChI is InChI=1S/C19H23ClN2S/c1-13(2)11-18(15-7-5-4-6-8-15)22-19(23)21-16-10-9-14(3)17(20)12-16/h4-10,12-13,18H,11H2,1-3H3,(H2,21,22,23). The Morgan fingerprint density at radius 2 is 1.83 bits per heavy atom. The topological polar surface area (TPSA) is 24.1 Å². The highest BCUT2D eigenvalue weighted by Crippen LogP contribution is 2.22. The highest BCUT2D eigenvalue weighted by Gasteiger charge is 2.14. The molecule has 2 aromatic rings. The van der Waals surface area contributed by atoms with Crippen LogP contribution in [0.5, 0.6) is 0 Å². The third-order valence-corrected chi connectivity index (χ3v) is 4.27. The largest absolute Gasteiger partial charge is 0.356 e. The number of hydrogen-bond acceptors (Lipinski definition) is 1. The van der Waals surface area contributed by atoms with E-state index in [1.165, 1.54) is 5.56 Å². The van der Waals surface area contributed by atoms with Gasteiger partial charge in [-0.25, -0.2) is 0 Å². The van der Waals surface area contributed by atoms with Gasteiger partial charge in [-0.1, -0.05) is 61.8 Å². The first-order valence-corrected chi connectivity index (χ1v) is 8.63. The molecule has 0 saturated carbocycles. The number of rotatable bonds is 5. The van der Waals surface area contributed by atoms with Gasteiger partial charge in [0.1, 0.15) is 0 Å². The predicted molar refractivity (Wildman–Crippen MR) is 104 cm³/mol. The van der Waals surface area contributed by atoms with Crippen LogP contribution in [-0.4, -0.2) is 5.11 Å². The molecule has 0 aliphatic heterocycles. The number of benzene rings is 2. The summed E-state index contributed by atoms with van der Waals surface area (Å²) < 4.78 is 0. The Bertz CT molecular complexity index is 656. The molecule has 0 aromatic heterocycles. The fraction of sp³-hybridized carbons (Fsp3) is 0.316. The van der Waals surface area contributed by atoms with Gasteiger partial charge in [-0.3, -0.25) is 0 Å². The second-order valence-electron chi connectivity index (χ2n) is 6.16. The van der Waals surface area contributed by atoms with Crippen molar-refractivity contribution in [2.45, 2.75) is 33.2 Å². The molecule has 23 heavy (non-hydrogen) atoms. The van der Waals surface area contributed by atoms with Crippen molar-refractivity contribution in [1.82, 2.24) is 5.32 Å². The van der Waals surface area contributed by atoms with Gasteiger partial charge in [-0.15, -0.1) is 0 Å². The lowest BCUT2D eigenvalue weighted by Crippen LogP contribution is -2.33. The van der Waals surface area contributed by atoms with Gasteiger partial charge >= 0.3 is 0 Å².